The fraction of sp³-hybridized carbons (Fsp3) is 0.500. The molecule has 0 heterocycles. The second-order valence-corrected chi connectivity index (χ2v) is 10.0. The van der Waals surface area contributed by atoms with Crippen LogP contribution >= 0.6 is 67.8 Å². The van der Waals surface area contributed by atoms with Crippen LogP contribution in [0.4, 0.5) is 11.4 Å². The van der Waals surface area contributed by atoms with Crippen molar-refractivity contribution in [3.63, 3.8) is 0 Å². The Labute approximate surface area is 230 Å². The number of amides is 2. The molecule has 0 bridgehead atoms. The molecule has 0 spiro atoms. The van der Waals surface area contributed by atoms with Crippen molar-refractivity contribution in [1.82, 2.24) is 5.32 Å². The van der Waals surface area contributed by atoms with E-state index in [0.717, 1.165) is 0 Å². The molecule has 0 fully saturated rings. The predicted octanol–water partition coefficient (Wildman–Crippen LogP) is -0.445. The van der Waals surface area contributed by atoms with Gasteiger partial charge in [-0.1, -0.05) is 0 Å². The molecule has 0 saturated heterocycles. The smallest absolute Gasteiger partial charge is 0.342 e. The average Bonchev–Trinajstić information content (AvgIpc) is 2.75. The van der Waals surface area contributed by atoms with Crippen LogP contribution in [0.2, 0.25) is 0 Å². The molecule has 2 amide bonds. The molecule has 33 heavy (non-hydrogen) atoms. The molecule has 1 unspecified atom stereocenters. The Morgan fingerprint density at radius 1 is 0.848 bits per heavy atom. The van der Waals surface area contributed by atoms with Gasteiger partial charge in [0.05, 0.1) is 34.3 Å². The Bertz CT molecular complexity index is 860. The summed E-state index contributed by atoms with van der Waals surface area (Å²) in [6, 6.07) is 0. The molecule has 186 valence electrons. The number of nitrogens with one attached hydrogen (secondary N) is 3. The number of carbonyl (C=O) groups excluding carboxylic acids is 3. The van der Waals surface area contributed by atoms with E-state index in [0.29, 0.717) is 10.7 Å². The summed E-state index contributed by atoms with van der Waals surface area (Å²) >= 11 is 5.59. The Balaban J connectivity index is 3.42. The summed E-state index contributed by atoms with van der Waals surface area (Å²) < 4.78 is 6.38. The minimum atomic E-state index is -1.97. The van der Waals surface area contributed by atoms with Gasteiger partial charge in [-0.3, -0.25) is 14.9 Å². The zero-order chi connectivity index (χ0) is 25.6. The Kier molecular flexibility index (Phi) is 12.6. The van der Waals surface area contributed by atoms with Gasteiger partial charge in [0.2, 0.25) is 11.8 Å². The molecule has 0 aliphatic rings. The van der Waals surface area contributed by atoms with E-state index in [2.05, 4.69) is 16.0 Å². The summed E-state index contributed by atoms with van der Waals surface area (Å²) in [4.78, 5) is 36.5. The summed E-state index contributed by atoms with van der Waals surface area (Å²) in [6.07, 6.45) is -9.05. The molecule has 5 atom stereocenters. The van der Waals surface area contributed by atoms with Crippen molar-refractivity contribution >= 4 is 96.9 Å². The van der Waals surface area contributed by atoms with Gasteiger partial charge < -0.3 is 40.9 Å². The summed E-state index contributed by atoms with van der Waals surface area (Å²) in [5, 5.41) is 56.4. The van der Waals surface area contributed by atoms with Crippen molar-refractivity contribution in [3.8, 4) is 0 Å². The van der Waals surface area contributed by atoms with Crippen molar-refractivity contribution in [1.29, 1.82) is 0 Å². The highest BCUT2D eigenvalue weighted by molar-refractivity contribution is 14.1. The first-order chi connectivity index (χ1) is 15.3. The second kappa shape index (κ2) is 13.6. The van der Waals surface area contributed by atoms with Gasteiger partial charge in [0.1, 0.15) is 24.4 Å². The van der Waals surface area contributed by atoms with Gasteiger partial charge in [0.15, 0.2) is 6.23 Å². The monoisotopic (exact) mass is 807 g/mol. The third-order valence-corrected chi connectivity index (χ3v) is 7.47. The fourth-order valence-corrected chi connectivity index (χ4v) is 6.75. The van der Waals surface area contributed by atoms with Crippen LogP contribution in [0.3, 0.4) is 0 Å². The van der Waals surface area contributed by atoms with E-state index in [1.807, 2.05) is 67.8 Å². The average molecular weight is 807 g/mol. The third-order valence-electron chi connectivity index (χ3n) is 4.23. The van der Waals surface area contributed by atoms with E-state index in [9.17, 15) is 34.8 Å². The summed E-state index contributed by atoms with van der Waals surface area (Å²) in [6.45, 7) is 1.69. The van der Waals surface area contributed by atoms with E-state index in [-0.39, 0.29) is 16.9 Å². The molecule has 0 aliphatic heterocycles. The molecule has 0 aromatic heterocycles. The molecule has 1 rings (SSSR count). The highest BCUT2D eigenvalue weighted by Gasteiger charge is 2.37. The lowest BCUT2D eigenvalue weighted by Gasteiger charge is -2.30. The van der Waals surface area contributed by atoms with Crippen LogP contribution in [0.5, 0.6) is 0 Å². The van der Waals surface area contributed by atoms with Crippen molar-refractivity contribution in [2.75, 3.05) is 24.3 Å². The van der Waals surface area contributed by atoms with Gasteiger partial charge in [-0.25, -0.2) is 4.79 Å². The topological polar surface area (TPSA) is 198 Å². The van der Waals surface area contributed by atoms with Crippen molar-refractivity contribution in [3.05, 3.63) is 16.3 Å². The van der Waals surface area contributed by atoms with Crippen LogP contribution in [0, 0.1) is 10.7 Å². The number of esters is 1. The number of hydrogen-bond donors (Lipinski definition) is 8. The number of aliphatic hydroxyl groups is 5. The SMILES string of the molecule is CNC(OC(=O)c1c(I)c(NC(C)=O)c(I)c(NC(C)=O)c1I)[C@H](O)[C@@H](O)[C@H](O)[C@H](O)CO. The normalized spacial score (nSPS) is 15.7. The lowest BCUT2D eigenvalue weighted by atomic mass is 10.0. The molecule has 1 aromatic carbocycles. The molecule has 0 aliphatic carbocycles. The third kappa shape index (κ3) is 7.78. The molecular formula is C18H24I3N3O9. The van der Waals surface area contributed by atoms with Crippen molar-refractivity contribution < 1.29 is 44.7 Å². The maximum atomic E-state index is 13.1. The van der Waals surface area contributed by atoms with Crippen molar-refractivity contribution in [2.24, 2.45) is 0 Å². The van der Waals surface area contributed by atoms with Crippen LogP contribution in [0.15, 0.2) is 0 Å². The number of halogens is 3. The van der Waals surface area contributed by atoms with Gasteiger partial charge in [0.25, 0.3) is 0 Å². The van der Waals surface area contributed by atoms with Crippen LogP contribution in [0.1, 0.15) is 24.2 Å². The maximum absolute atomic E-state index is 13.1. The number of benzene rings is 1. The number of ether oxygens (including phenoxy) is 1. The predicted molar refractivity (Wildman–Crippen MR) is 143 cm³/mol. The van der Waals surface area contributed by atoms with Crippen LogP contribution < -0.4 is 16.0 Å². The minimum Gasteiger partial charge on any atom is -0.440 e. The molecule has 15 heteroatoms. The van der Waals surface area contributed by atoms with Gasteiger partial charge in [-0.05, 0) is 74.8 Å². The zero-order valence-electron chi connectivity index (χ0n) is 17.6. The first-order valence-electron chi connectivity index (χ1n) is 9.25. The summed E-state index contributed by atoms with van der Waals surface area (Å²) in [5.74, 6) is -1.80. The Morgan fingerprint density at radius 2 is 1.30 bits per heavy atom. The number of aliphatic hydroxyl groups excluding tert-OH is 5. The number of hydrogen-bond acceptors (Lipinski definition) is 10. The highest BCUT2D eigenvalue weighted by atomic mass is 127. The number of rotatable bonds is 10. The van der Waals surface area contributed by atoms with E-state index >= 15 is 0 Å². The summed E-state index contributed by atoms with van der Waals surface area (Å²) in [7, 11) is 1.32. The fourth-order valence-electron chi connectivity index (χ4n) is 2.61. The maximum Gasteiger partial charge on any atom is 0.342 e. The van der Waals surface area contributed by atoms with E-state index < -0.39 is 55.0 Å². The molecule has 0 radical (unpaired) electrons. The van der Waals surface area contributed by atoms with E-state index in [1.54, 1.807) is 0 Å². The number of likely N-dealkylation sites (N-methyl/N-ethyl adjacent to an activating group) is 1. The zero-order valence-corrected chi connectivity index (χ0v) is 24.1. The van der Waals surface area contributed by atoms with Crippen LogP contribution in [0.25, 0.3) is 0 Å². The molecular weight excluding hydrogens is 783 g/mol. The molecule has 0 saturated carbocycles. The van der Waals surface area contributed by atoms with E-state index in [4.69, 9.17) is 9.84 Å². The van der Waals surface area contributed by atoms with Crippen molar-refractivity contribution in [2.45, 2.75) is 44.5 Å². The molecule has 8 N–H and O–H groups in total. The minimum absolute atomic E-state index is 0.0259. The molecule has 1 aromatic rings. The standard InChI is InChI=1S/C18H24I3N3O9/c1-5(26)23-12-9(19)8(10(20)13(11(12)21)24-6(2)27)18(32)33-17(22-3)16(31)15(30)14(29)7(28)4-25/h7,14-17,22,25,28-31H,4H2,1-3H3,(H,23,26)(H,24,27)/t7-,14-,15+,16-,17?/m1/s1. The van der Waals surface area contributed by atoms with Gasteiger partial charge in [-0.2, -0.15) is 0 Å². The first-order valence-corrected chi connectivity index (χ1v) is 12.5. The Morgan fingerprint density at radius 3 is 1.67 bits per heavy atom. The van der Waals surface area contributed by atoms with Gasteiger partial charge >= 0.3 is 5.97 Å². The number of carbonyl (C=O) groups is 3. The molecule has 12 nitrogen and oxygen atoms in total. The lowest BCUT2D eigenvalue weighted by molar-refractivity contribution is -0.145. The Hall–Kier alpha value is -0.420. The first kappa shape index (κ1) is 30.6. The van der Waals surface area contributed by atoms with Gasteiger partial charge in [0, 0.05) is 13.8 Å². The largest absolute Gasteiger partial charge is 0.440 e. The van der Waals surface area contributed by atoms with Gasteiger partial charge in [-0.15, -0.1) is 0 Å². The van der Waals surface area contributed by atoms with Crippen LogP contribution in [-0.2, 0) is 14.3 Å². The van der Waals surface area contributed by atoms with E-state index in [1.165, 1.54) is 20.9 Å². The van der Waals surface area contributed by atoms with Crippen LogP contribution in [-0.4, -0.2) is 87.6 Å². The highest BCUT2D eigenvalue weighted by Crippen LogP contribution is 2.39. The quantitative estimate of drug-likeness (QED) is 0.0872. The summed E-state index contributed by atoms with van der Waals surface area (Å²) in [5.41, 5.74) is 0.507. The lowest BCUT2D eigenvalue weighted by Crippen LogP contribution is -2.54. The number of anilines is 2. The second-order valence-electron chi connectivity index (χ2n) is 6.77.